The standard InChI is InChI=1S/C20H19N3O4/c24-19(12-5-15-3-10-18(11-4-15)23(26)27)21-17-8-6-16(7-9-17)20(25)22-13-1-2-14-22/h3-12H,1-2,13-14H2,(H,21,24)/b12-5+. The van der Waals surface area contributed by atoms with Crippen molar-refractivity contribution in [2.24, 2.45) is 0 Å². The molecule has 0 saturated carbocycles. The Morgan fingerprint density at radius 3 is 2.22 bits per heavy atom. The Hall–Kier alpha value is -3.48. The summed E-state index contributed by atoms with van der Waals surface area (Å²) >= 11 is 0. The number of rotatable bonds is 5. The van der Waals surface area contributed by atoms with E-state index in [1.165, 1.54) is 18.2 Å². The average Bonchev–Trinajstić information content (AvgIpc) is 3.21. The highest BCUT2D eigenvalue weighted by Crippen LogP contribution is 2.16. The minimum Gasteiger partial charge on any atom is -0.339 e. The molecule has 0 atom stereocenters. The highest BCUT2D eigenvalue weighted by atomic mass is 16.6. The monoisotopic (exact) mass is 365 g/mol. The maximum Gasteiger partial charge on any atom is 0.269 e. The molecule has 0 unspecified atom stereocenters. The van der Waals surface area contributed by atoms with Crippen molar-refractivity contribution >= 4 is 29.3 Å². The van der Waals surface area contributed by atoms with Crippen molar-refractivity contribution in [2.45, 2.75) is 12.8 Å². The molecule has 3 rings (SSSR count). The van der Waals surface area contributed by atoms with E-state index in [0.29, 0.717) is 16.8 Å². The predicted molar refractivity (Wildman–Crippen MR) is 102 cm³/mol. The van der Waals surface area contributed by atoms with Crippen molar-refractivity contribution in [1.82, 2.24) is 4.90 Å². The van der Waals surface area contributed by atoms with Gasteiger partial charge in [0, 0.05) is 42.5 Å². The summed E-state index contributed by atoms with van der Waals surface area (Å²) in [5.41, 5.74) is 1.88. The van der Waals surface area contributed by atoms with E-state index < -0.39 is 4.92 Å². The second-order valence-corrected chi connectivity index (χ2v) is 6.25. The average molecular weight is 365 g/mol. The molecule has 1 aliphatic rings. The number of carbonyl (C=O) groups is 2. The fourth-order valence-electron chi connectivity index (χ4n) is 2.86. The molecule has 0 radical (unpaired) electrons. The van der Waals surface area contributed by atoms with Crippen LogP contribution < -0.4 is 5.32 Å². The first kappa shape index (κ1) is 18.3. The minimum atomic E-state index is -0.474. The van der Waals surface area contributed by atoms with Gasteiger partial charge in [-0.1, -0.05) is 0 Å². The highest BCUT2D eigenvalue weighted by molar-refractivity contribution is 6.02. The number of anilines is 1. The minimum absolute atomic E-state index is 0.000156. The van der Waals surface area contributed by atoms with Crippen LogP contribution in [0.4, 0.5) is 11.4 Å². The van der Waals surface area contributed by atoms with Gasteiger partial charge in [0.15, 0.2) is 0 Å². The van der Waals surface area contributed by atoms with E-state index >= 15 is 0 Å². The number of benzene rings is 2. The summed E-state index contributed by atoms with van der Waals surface area (Å²) in [6.45, 7) is 1.59. The van der Waals surface area contributed by atoms with Crippen LogP contribution in [0, 0.1) is 10.1 Å². The maximum atomic E-state index is 12.3. The molecule has 138 valence electrons. The van der Waals surface area contributed by atoms with Gasteiger partial charge in [-0.3, -0.25) is 19.7 Å². The van der Waals surface area contributed by atoms with Crippen molar-refractivity contribution in [3.05, 3.63) is 75.8 Å². The topological polar surface area (TPSA) is 92.5 Å². The second kappa shape index (κ2) is 8.27. The van der Waals surface area contributed by atoms with Gasteiger partial charge in [-0.15, -0.1) is 0 Å². The lowest BCUT2D eigenvalue weighted by Gasteiger charge is -2.15. The lowest BCUT2D eigenvalue weighted by Crippen LogP contribution is -2.27. The summed E-state index contributed by atoms with van der Waals surface area (Å²) in [7, 11) is 0. The number of carbonyl (C=O) groups excluding carboxylic acids is 2. The van der Waals surface area contributed by atoms with E-state index in [0.717, 1.165) is 25.9 Å². The second-order valence-electron chi connectivity index (χ2n) is 6.25. The largest absolute Gasteiger partial charge is 0.339 e. The van der Waals surface area contributed by atoms with Gasteiger partial charge in [0.2, 0.25) is 5.91 Å². The zero-order chi connectivity index (χ0) is 19.2. The van der Waals surface area contributed by atoms with Crippen LogP contribution in [0.5, 0.6) is 0 Å². The molecule has 7 heteroatoms. The van der Waals surface area contributed by atoms with Crippen LogP contribution in [0.3, 0.4) is 0 Å². The summed E-state index contributed by atoms with van der Waals surface area (Å²) in [5.74, 6) is -0.310. The lowest BCUT2D eigenvalue weighted by atomic mass is 10.1. The molecular formula is C20H19N3O4. The van der Waals surface area contributed by atoms with Gasteiger partial charge in [-0.25, -0.2) is 0 Å². The van der Waals surface area contributed by atoms with Crippen molar-refractivity contribution in [3.63, 3.8) is 0 Å². The lowest BCUT2D eigenvalue weighted by molar-refractivity contribution is -0.384. The number of hydrogen-bond acceptors (Lipinski definition) is 4. The van der Waals surface area contributed by atoms with Crippen molar-refractivity contribution in [2.75, 3.05) is 18.4 Å². The molecule has 2 amide bonds. The molecule has 2 aromatic rings. The summed E-state index contributed by atoms with van der Waals surface area (Å²) in [5, 5.41) is 13.3. The Labute approximate surface area is 156 Å². The summed E-state index contributed by atoms with van der Waals surface area (Å²) in [4.78, 5) is 36.3. The summed E-state index contributed by atoms with van der Waals surface area (Å²) in [6, 6.07) is 12.7. The Bertz CT molecular complexity index is 867. The third-order valence-electron chi connectivity index (χ3n) is 4.32. The van der Waals surface area contributed by atoms with Crippen LogP contribution in [-0.4, -0.2) is 34.7 Å². The molecule has 1 aliphatic heterocycles. The Kier molecular flexibility index (Phi) is 5.61. The van der Waals surface area contributed by atoms with E-state index in [1.807, 2.05) is 4.90 Å². The van der Waals surface area contributed by atoms with Crippen LogP contribution in [0.15, 0.2) is 54.6 Å². The van der Waals surface area contributed by atoms with Crippen LogP contribution in [0.1, 0.15) is 28.8 Å². The van der Waals surface area contributed by atoms with Crippen LogP contribution in [-0.2, 0) is 4.79 Å². The van der Waals surface area contributed by atoms with Crippen LogP contribution in [0.25, 0.3) is 6.08 Å². The molecule has 1 N–H and O–H groups in total. The molecule has 1 fully saturated rings. The number of nitro groups is 1. The molecule has 2 aromatic carbocycles. The number of nitro benzene ring substituents is 1. The van der Waals surface area contributed by atoms with Gasteiger partial charge in [0.25, 0.3) is 11.6 Å². The zero-order valence-corrected chi connectivity index (χ0v) is 14.6. The Morgan fingerprint density at radius 2 is 1.63 bits per heavy atom. The molecule has 0 aromatic heterocycles. The van der Waals surface area contributed by atoms with Gasteiger partial charge in [-0.05, 0) is 60.9 Å². The molecule has 27 heavy (non-hydrogen) atoms. The van der Waals surface area contributed by atoms with Gasteiger partial charge in [-0.2, -0.15) is 0 Å². The number of nitrogens with one attached hydrogen (secondary N) is 1. The number of non-ortho nitro benzene ring substituents is 1. The molecular weight excluding hydrogens is 346 g/mol. The van der Waals surface area contributed by atoms with Crippen molar-refractivity contribution < 1.29 is 14.5 Å². The van der Waals surface area contributed by atoms with Crippen LogP contribution in [0.2, 0.25) is 0 Å². The highest BCUT2D eigenvalue weighted by Gasteiger charge is 2.19. The summed E-state index contributed by atoms with van der Waals surface area (Å²) < 4.78 is 0. The van der Waals surface area contributed by atoms with Gasteiger partial charge < -0.3 is 10.2 Å². The van der Waals surface area contributed by atoms with Crippen LogP contribution >= 0.6 is 0 Å². The molecule has 0 bridgehead atoms. The quantitative estimate of drug-likeness (QED) is 0.499. The smallest absolute Gasteiger partial charge is 0.269 e. The van der Waals surface area contributed by atoms with E-state index in [4.69, 9.17) is 0 Å². The van der Waals surface area contributed by atoms with E-state index in [2.05, 4.69) is 5.32 Å². The van der Waals surface area contributed by atoms with E-state index in [1.54, 1.807) is 42.5 Å². The zero-order valence-electron chi connectivity index (χ0n) is 14.6. The van der Waals surface area contributed by atoms with E-state index in [9.17, 15) is 19.7 Å². The normalized spacial score (nSPS) is 13.7. The number of likely N-dealkylation sites (tertiary alicyclic amines) is 1. The Balaban J connectivity index is 1.57. The SMILES string of the molecule is O=C(/C=C/c1ccc([N+](=O)[O-])cc1)Nc1ccc(C(=O)N2CCCC2)cc1. The summed E-state index contributed by atoms with van der Waals surface area (Å²) in [6.07, 6.45) is 5.01. The molecule has 1 heterocycles. The fraction of sp³-hybridized carbons (Fsp3) is 0.200. The number of amides is 2. The molecule has 7 nitrogen and oxygen atoms in total. The third kappa shape index (κ3) is 4.78. The van der Waals surface area contributed by atoms with Gasteiger partial charge in [0.05, 0.1) is 4.92 Å². The maximum absolute atomic E-state index is 12.3. The molecule has 1 saturated heterocycles. The third-order valence-corrected chi connectivity index (χ3v) is 4.32. The molecule has 0 spiro atoms. The predicted octanol–water partition coefficient (Wildman–Crippen LogP) is 3.48. The Morgan fingerprint density at radius 1 is 1.00 bits per heavy atom. The number of nitrogens with zero attached hydrogens (tertiary/aromatic N) is 2. The fourth-order valence-corrected chi connectivity index (χ4v) is 2.86. The molecule has 0 aliphatic carbocycles. The van der Waals surface area contributed by atoms with Crippen molar-refractivity contribution in [1.29, 1.82) is 0 Å². The number of hydrogen-bond donors (Lipinski definition) is 1. The van der Waals surface area contributed by atoms with Gasteiger partial charge >= 0.3 is 0 Å². The van der Waals surface area contributed by atoms with E-state index in [-0.39, 0.29) is 17.5 Å². The first-order chi connectivity index (χ1) is 13.0. The first-order valence-corrected chi connectivity index (χ1v) is 8.66. The van der Waals surface area contributed by atoms with Gasteiger partial charge in [0.1, 0.15) is 0 Å². The first-order valence-electron chi connectivity index (χ1n) is 8.66. The van der Waals surface area contributed by atoms with Crippen molar-refractivity contribution in [3.8, 4) is 0 Å².